The maximum absolute atomic E-state index is 12.8. The molecule has 1 aromatic rings. The van der Waals surface area contributed by atoms with Crippen molar-refractivity contribution in [1.29, 1.82) is 0 Å². The first kappa shape index (κ1) is 16.9. The number of aromatic nitrogens is 1. The second-order valence-corrected chi connectivity index (χ2v) is 8.28. The molecule has 128 valence electrons. The minimum atomic E-state index is -0.254. The third kappa shape index (κ3) is 3.77. The monoisotopic (exact) mass is 336 g/mol. The molecule has 1 amide bonds. The Labute approximate surface area is 142 Å². The van der Waals surface area contributed by atoms with Crippen molar-refractivity contribution in [3.8, 4) is 0 Å². The van der Waals surface area contributed by atoms with Gasteiger partial charge in [-0.1, -0.05) is 25.7 Å². The van der Waals surface area contributed by atoms with Crippen molar-refractivity contribution in [2.24, 2.45) is 5.92 Å². The van der Waals surface area contributed by atoms with Gasteiger partial charge in [0.2, 0.25) is 0 Å². The summed E-state index contributed by atoms with van der Waals surface area (Å²) >= 11 is 1.59. The Morgan fingerprint density at radius 2 is 1.87 bits per heavy atom. The van der Waals surface area contributed by atoms with E-state index in [-0.39, 0.29) is 17.9 Å². The van der Waals surface area contributed by atoms with Gasteiger partial charge in [-0.3, -0.25) is 4.79 Å². The number of carbonyl (C=O) groups excluding carboxylic acids is 1. The van der Waals surface area contributed by atoms with Crippen LogP contribution in [0.25, 0.3) is 0 Å². The molecule has 1 aromatic heterocycles. The summed E-state index contributed by atoms with van der Waals surface area (Å²) in [5.41, 5.74) is 0.873. The van der Waals surface area contributed by atoms with Gasteiger partial charge in [0, 0.05) is 25.4 Å². The third-order valence-electron chi connectivity index (χ3n) is 5.44. The fraction of sp³-hybridized carbons (Fsp3) is 0.778. The molecule has 2 atom stereocenters. The molecular weight excluding hydrogens is 308 g/mol. The van der Waals surface area contributed by atoms with Crippen LogP contribution in [0.15, 0.2) is 0 Å². The summed E-state index contributed by atoms with van der Waals surface area (Å²) in [7, 11) is 1.86. The quantitative estimate of drug-likeness (QED) is 0.911. The topological polar surface area (TPSA) is 53.4 Å². The summed E-state index contributed by atoms with van der Waals surface area (Å²) in [6.07, 6.45) is 8.90. The van der Waals surface area contributed by atoms with Gasteiger partial charge in [0.1, 0.15) is 4.88 Å². The standard InChI is InChI=1S/C18H28N2O2S/c1-12-16(23-17(19-12)13-7-3-4-8-13)18(22)20(2)11-14-9-5-6-10-15(14)21/h13-15,21H,3-11H2,1-2H3. The summed E-state index contributed by atoms with van der Waals surface area (Å²) in [5, 5.41) is 11.3. The molecule has 4 nitrogen and oxygen atoms in total. The molecule has 2 aliphatic carbocycles. The van der Waals surface area contributed by atoms with Crippen LogP contribution in [0.5, 0.6) is 0 Å². The lowest BCUT2D eigenvalue weighted by molar-refractivity contribution is 0.0453. The molecule has 5 heteroatoms. The van der Waals surface area contributed by atoms with Crippen molar-refractivity contribution >= 4 is 17.2 Å². The summed E-state index contributed by atoms with van der Waals surface area (Å²) in [4.78, 5) is 20.0. The van der Waals surface area contributed by atoms with Crippen molar-refractivity contribution in [3.63, 3.8) is 0 Å². The molecule has 2 saturated carbocycles. The molecule has 0 bridgehead atoms. The van der Waals surface area contributed by atoms with E-state index in [9.17, 15) is 9.90 Å². The highest BCUT2D eigenvalue weighted by molar-refractivity contribution is 7.13. The van der Waals surface area contributed by atoms with E-state index in [4.69, 9.17) is 0 Å². The molecule has 2 aliphatic rings. The fourth-order valence-electron chi connectivity index (χ4n) is 3.97. The number of aliphatic hydroxyl groups is 1. The normalized spacial score (nSPS) is 25.7. The Morgan fingerprint density at radius 3 is 2.57 bits per heavy atom. The highest BCUT2D eigenvalue weighted by atomic mass is 32.1. The second kappa shape index (κ2) is 7.31. The number of hydrogen-bond acceptors (Lipinski definition) is 4. The molecule has 1 N–H and O–H groups in total. The van der Waals surface area contributed by atoms with E-state index >= 15 is 0 Å². The van der Waals surface area contributed by atoms with Gasteiger partial charge in [0.15, 0.2) is 0 Å². The lowest BCUT2D eigenvalue weighted by atomic mass is 9.86. The lowest BCUT2D eigenvalue weighted by Gasteiger charge is -2.31. The highest BCUT2D eigenvalue weighted by Gasteiger charge is 2.28. The molecular formula is C18H28N2O2S. The minimum absolute atomic E-state index is 0.0713. The highest BCUT2D eigenvalue weighted by Crippen LogP contribution is 2.37. The van der Waals surface area contributed by atoms with Crippen LogP contribution in [0, 0.1) is 12.8 Å². The Hall–Kier alpha value is -0.940. The van der Waals surface area contributed by atoms with Gasteiger partial charge < -0.3 is 10.0 Å². The predicted octanol–water partition coefficient (Wildman–Crippen LogP) is 3.73. The Kier molecular flexibility index (Phi) is 5.37. The number of amides is 1. The van der Waals surface area contributed by atoms with Crippen LogP contribution in [-0.2, 0) is 0 Å². The molecule has 0 aromatic carbocycles. The molecule has 2 fully saturated rings. The molecule has 0 aliphatic heterocycles. The number of carbonyl (C=O) groups is 1. The summed E-state index contributed by atoms with van der Waals surface area (Å²) in [6, 6.07) is 0. The van der Waals surface area contributed by atoms with E-state index in [0.717, 1.165) is 41.3 Å². The lowest BCUT2D eigenvalue weighted by Crippen LogP contribution is -2.38. The smallest absolute Gasteiger partial charge is 0.265 e. The SMILES string of the molecule is Cc1nc(C2CCCC2)sc1C(=O)N(C)CC1CCCCC1O. The molecule has 0 radical (unpaired) electrons. The zero-order valence-corrected chi connectivity index (χ0v) is 15.1. The Bertz CT molecular complexity index is 551. The Morgan fingerprint density at radius 1 is 1.22 bits per heavy atom. The van der Waals surface area contributed by atoms with Crippen molar-refractivity contribution < 1.29 is 9.90 Å². The fourth-order valence-corrected chi connectivity index (χ4v) is 5.20. The van der Waals surface area contributed by atoms with Crippen LogP contribution in [0.3, 0.4) is 0 Å². The molecule has 2 unspecified atom stereocenters. The maximum atomic E-state index is 12.8. The van der Waals surface area contributed by atoms with Crippen LogP contribution >= 0.6 is 11.3 Å². The first-order chi connectivity index (χ1) is 11.1. The number of hydrogen-bond donors (Lipinski definition) is 1. The molecule has 0 spiro atoms. The van der Waals surface area contributed by atoms with Crippen molar-refractivity contribution in [2.75, 3.05) is 13.6 Å². The number of thiazole rings is 1. The molecule has 1 heterocycles. The van der Waals surface area contributed by atoms with Crippen LogP contribution in [0.1, 0.15) is 77.7 Å². The van der Waals surface area contributed by atoms with Gasteiger partial charge in [-0.15, -0.1) is 11.3 Å². The molecule has 0 saturated heterocycles. The van der Waals surface area contributed by atoms with Gasteiger partial charge in [0.05, 0.1) is 16.8 Å². The van der Waals surface area contributed by atoms with E-state index in [1.807, 2.05) is 14.0 Å². The third-order valence-corrected chi connectivity index (χ3v) is 6.74. The van der Waals surface area contributed by atoms with Gasteiger partial charge in [-0.25, -0.2) is 4.98 Å². The van der Waals surface area contributed by atoms with Gasteiger partial charge in [-0.05, 0) is 32.6 Å². The minimum Gasteiger partial charge on any atom is -0.393 e. The van der Waals surface area contributed by atoms with Gasteiger partial charge in [0.25, 0.3) is 5.91 Å². The first-order valence-corrected chi connectivity index (χ1v) is 9.78. The van der Waals surface area contributed by atoms with Crippen LogP contribution < -0.4 is 0 Å². The maximum Gasteiger partial charge on any atom is 0.265 e. The van der Waals surface area contributed by atoms with Crippen molar-refractivity contribution in [1.82, 2.24) is 9.88 Å². The zero-order valence-electron chi connectivity index (χ0n) is 14.3. The largest absolute Gasteiger partial charge is 0.393 e. The van der Waals surface area contributed by atoms with E-state index in [2.05, 4.69) is 4.98 Å². The Balaban J connectivity index is 1.66. The molecule has 23 heavy (non-hydrogen) atoms. The van der Waals surface area contributed by atoms with Gasteiger partial charge in [-0.2, -0.15) is 0 Å². The average Bonchev–Trinajstić information content (AvgIpc) is 3.18. The van der Waals surface area contributed by atoms with Crippen LogP contribution in [0.2, 0.25) is 0 Å². The summed E-state index contributed by atoms with van der Waals surface area (Å²) in [6.45, 7) is 2.60. The first-order valence-electron chi connectivity index (χ1n) is 8.97. The van der Waals surface area contributed by atoms with Crippen molar-refractivity contribution in [2.45, 2.75) is 70.3 Å². The van der Waals surface area contributed by atoms with E-state index in [1.54, 1.807) is 16.2 Å². The van der Waals surface area contributed by atoms with E-state index in [0.29, 0.717) is 12.5 Å². The van der Waals surface area contributed by atoms with E-state index in [1.165, 1.54) is 25.7 Å². The number of aliphatic hydroxyl groups excluding tert-OH is 1. The molecule has 3 rings (SSSR count). The summed E-state index contributed by atoms with van der Waals surface area (Å²) in [5.74, 6) is 0.855. The number of aryl methyl sites for hydroxylation is 1. The van der Waals surface area contributed by atoms with Gasteiger partial charge >= 0.3 is 0 Å². The summed E-state index contributed by atoms with van der Waals surface area (Å²) < 4.78 is 0. The van der Waals surface area contributed by atoms with Crippen molar-refractivity contribution in [3.05, 3.63) is 15.6 Å². The van der Waals surface area contributed by atoms with Crippen LogP contribution in [0.4, 0.5) is 0 Å². The predicted molar refractivity (Wildman–Crippen MR) is 93.0 cm³/mol. The zero-order chi connectivity index (χ0) is 16.4. The second-order valence-electron chi connectivity index (χ2n) is 7.25. The number of rotatable bonds is 4. The number of nitrogens with zero attached hydrogens (tertiary/aromatic N) is 2. The average molecular weight is 337 g/mol. The van der Waals surface area contributed by atoms with Crippen LogP contribution in [-0.4, -0.2) is 40.6 Å². The van der Waals surface area contributed by atoms with E-state index < -0.39 is 0 Å².